The van der Waals surface area contributed by atoms with Gasteiger partial charge in [-0.2, -0.15) is 0 Å². The van der Waals surface area contributed by atoms with Crippen molar-refractivity contribution >= 4 is 46.5 Å². The number of Topliss-reactive ketones (excluding diaryl/α,β-unsaturated/α-hetero) is 1. The van der Waals surface area contributed by atoms with Crippen molar-refractivity contribution in [2.45, 2.75) is 26.4 Å². The van der Waals surface area contributed by atoms with Crippen molar-refractivity contribution in [3.05, 3.63) is 63.6 Å². The Labute approximate surface area is 161 Å². The summed E-state index contributed by atoms with van der Waals surface area (Å²) in [6, 6.07) is 11.3. The lowest BCUT2D eigenvalue weighted by Crippen LogP contribution is -2.30. The molecule has 136 valence electrons. The molecule has 1 N–H and O–H groups in total. The van der Waals surface area contributed by atoms with Crippen molar-refractivity contribution in [3.63, 3.8) is 0 Å². The number of halogens is 2. The van der Waals surface area contributed by atoms with Crippen LogP contribution < -0.4 is 5.32 Å². The second kappa shape index (κ2) is 8.83. The highest BCUT2D eigenvalue weighted by atomic mass is 35.5. The predicted octanol–water partition coefficient (Wildman–Crippen LogP) is 4.31. The van der Waals surface area contributed by atoms with Crippen molar-refractivity contribution in [1.29, 1.82) is 0 Å². The Kier molecular flexibility index (Phi) is 6.77. The average molecular weight is 394 g/mol. The molecule has 1 atom stereocenters. The van der Waals surface area contributed by atoms with Gasteiger partial charge in [-0.1, -0.05) is 29.3 Å². The zero-order valence-electron chi connectivity index (χ0n) is 14.2. The summed E-state index contributed by atoms with van der Waals surface area (Å²) in [5, 5.41) is 3.37. The van der Waals surface area contributed by atoms with Crippen LogP contribution in [0.4, 0.5) is 5.69 Å². The van der Waals surface area contributed by atoms with Gasteiger partial charge in [-0.25, -0.2) is 0 Å². The largest absolute Gasteiger partial charge is 0.452 e. The molecule has 0 heterocycles. The van der Waals surface area contributed by atoms with E-state index in [1.54, 1.807) is 42.5 Å². The molecule has 0 aromatic heterocycles. The number of nitrogens with one attached hydrogen (secondary N) is 1. The highest BCUT2D eigenvalue weighted by Gasteiger charge is 2.18. The third kappa shape index (κ3) is 5.58. The Balaban J connectivity index is 1.90. The second-order valence-corrected chi connectivity index (χ2v) is 6.49. The summed E-state index contributed by atoms with van der Waals surface area (Å²) in [4.78, 5) is 35.3. The van der Waals surface area contributed by atoms with Gasteiger partial charge in [0, 0.05) is 11.3 Å². The van der Waals surface area contributed by atoms with Gasteiger partial charge >= 0.3 is 5.97 Å². The molecule has 0 aliphatic carbocycles. The van der Waals surface area contributed by atoms with Crippen molar-refractivity contribution in [2.75, 3.05) is 5.32 Å². The molecule has 0 saturated carbocycles. The Hall–Kier alpha value is -2.37. The van der Waals surface area contributed by atoms with E-state index in [-0.39, 0.29) is 12.2 Å². The van der Waals surface area contributed by atoms with Crippen molar-refractivity contribution < 1.29 is 19.1 Å². The van der Waals surface area contributed by atoms with Crippen LogP contribution in [0.2, 0.25) is 10.0 Å². The van der Waals surface area contributed by atoms with Crippen LogP contribution in [0.15, 0.2) is 42.5 Å². The van der Waals surface area contributed by atoms with Gasteiger partial charge in [0.1, 0.15) is 0 Å². The number of hydrogen-bond donors (Lipinski definition) is 1. The third-order valence-electron chi connectivity index (χ3n) is 3.57. The number of rotatable bonds is 6. The van der Waals surface area contributed by atoms with Crippen LogP contribution in [0, 0.1) is 0 Å². The smallest absolute Gasteiger partial charge is 0.311 e. The molecule has 0 saturated heterocycles. The second-order valence-electron chi connectivity index (χ2n) is 5.68. The van der Waals surface area contributed by atoms with E-state index in [0.717, 1.165) is 0 Å². The molecule has 0 spiro atoms. The van der Waals surface area contributed by atoms with Crippen molar-refractivity contribution in [2.24, 2.45) is 0 Å². The molecule has 5 nitrogen and oxygen atoms in total. The number of ether oxygens (including phenoxy) is 1. The van der Waals surface area contributed by atoms with E-state index < -0.39 is 18.0 Å². The SMILES string of the molecule is CC(=O)c1ccc(NC(=O)[C@@H](C)OC(=O)Cc2ccc(Cl)c(Cl)c2)cc1. The number of carbonyl (C=O) groups excluding carboxylic acids is 3. The van der Waals surface area contributed by atoms with Gasteiger partial charge < -0.3 is 10.1 Å². The van der Waals surface area contributed by atoms with E-state index in [4.69, 9.17) is 27.9 Å². The molecular weight excluding hydrogens is 377 g/mol. The molecule has 1 amide bonds. The summed E-state index contributed by atoms with van der Waals surface area (Å²) in [5.41, 5.74) is 1.69. The number of carbonyl (C=O) groups is 3. The van der Waals surface area contributed by atoms with Crippen LogP contribution >= 0.6 is 23.2 Å². The maximum Gasteiger partial charge on any atom is 0.311 e. The van der Waals surface area contributed by atoms with Gasteiger partial charge in [0.05, 0.1) is 16.5 Å². The van der Waals surface area contributed by atoms with Gasteiger partial charge in [0.15, 0.2) is 11.9 Å². The van der Waals surface area contributed by atoms with Crippen LogP contribution in [-0.2, 0) is 20.7 Å². The number of hydrogen-bond acceptors (Lipinski definition) is 4. The predicted molar refractivity (Wildman–Crippen MR) is 101 cm³/mol. The van der Waals surface area contributed by atoms with Crippen LogP contribution in [0.1, 0.15) is 29.8 Å². The maximum atomic E-state index is 12.1. The summed E-state index contributed by atoms with van der Waals surface area (Å²) in [7, 11) is 0. The minimum absolute atomic E-state index is 0.0260. The van der Waals surface area contributed by atoms with Gasteiger partial charge in [-0.3, -0.25) is 14.4 Å². The molecule has 7 heteroatoms. The molecule has 0 unspecified atom stereocenters. The fourth-order valence-electron chi connectivity index (χ4n) is 2.14. The van der Waals surface area contributed by atoms with Gasteiger partial charge in [0.25, 0.3) is 5.91 Å². The lowest BCUT2D eigenvalue weighted by molar-refractivity contribution is -0.152. The topological polar surface area (TPSA) is 72.5 Å². The molecule has 0 aliphatic rings. The van der Waals surface area contributed by atoms with Crippen molar-refractivity contribution in [1.82, 2.24) is 0 Å². The first-order chi connectivity index (χ1) is 12.3. The Morgan fingerprint density at radius 2 is 1.69 bits per heavy atom. The normalized spacial score (nSPS) is 11.5. The fourth-order valence-corrected chi connectivity index (χ4v) is 2.46. The molecule has 0 bridgehead atoms. The molecule has 2 aromatic rings. The minimum Gasteiger partial charge on any atom is -0.452 e. The lowest BCUT2D eigenvalue weighted by atomic mass is 10.1. The molecule has 0 aliphatic heterocycles. The number of esters is 1. The van der Waals surface area contributed by atoms with E-state index in [9.17, 15) is 14.4 Å². The van der Waals surface area contributed by atoms with E-state index >= 15 is 0 Å². The Morgan fingerprint density at radius 1 is 1.04 bits per heavy atom. The Morgan fingerprint density at radius 3 is 2.27 bits per heavy atom. The summed E-state index contributed by atoms with van der Waals surface area (Å²) in [6.45, 7) is 2.94. The summed E-state index contributed by atoms with van der Waals surface area (Å²) in [5.74, 6) is -1.09. The monoisotopic (exact) mass is 393 g/mol. The number of benzene rings is 2. The highest BCUT2D eigenvalue weighted by molar-refractivity contribution is 6.42. The quantitative estimate of drug-likeness (QED) is 0.586. The summed E-state index contributed by atoms with van der Waals surface area (Å²) >= 11 is 11.7. The number of anilines is 1. The molecule has 26 heavy (non-hydrogen) atoms. The zero-order valence-corrected chi connectivity index (χ0v) is 15.7. The summed E-state index contributed by atoms with van der Waals surface area (Å²) in [6.07, 6.45) is -1.00. The maximum absolute atomic E-state index is 12.1. The first kappa shape index (κ1) is 19.9. The van der Waals surface area contributed by atoms with Gasteiger partial charge in [0.2, 0.25) is 0 Å². The van der Waals surface area contributed by atoms with E-state index in [1.165, 1.54) is 13.8 Å². The van der Waals surface area contributed by atoms with E-state index in [2.05, 4.69) is 5.32 Å². The molecule has 2 aromatic carbocycles. The standard InChI is InChI=1S/C19H17Cl2NO4/c1-11(23)14-4-6-15(7-5-14)22-19(25)12(2)26-18(24)10-13-3-8-16(20)17(21)9-13/h3-9,12H,10H2,1-2H3,(H,22,25)/t12-/m1/s1. The van der Waals surface area contributed by atoms with Crippen molar-refractivity contribution in [3.8, 4) is 0 Å². The minimum atomic E-state index is -0.974. The van der Waals surface area contributed by atoms with Gasteiger partial charge in [-0.15, -0.1) is 0 Å². The van der Waals surface area contributed by atoms with Crippen LogP contribution in [0.25, 0.3) is 0 Å². The average Bonchev–Trinajstić information content (AvgIpc) is 2.58. The zero-order chi connectivity index (χ0) is 19.3. The van der Waals surface area contributed by atoms with Crippen LogP contribution in [-0.4, -0.2) is 23.8 Å². The third-order valence-corrected chi connectivity index (χ3v) is 4.31. The molecular formula is C19H17Cl2NO4. The first-order valence-corrected chi connectivity index (χ1v) is 8.57. The number of ketones is 1. The van der Waals surface area contributed by atoms with E-state index in [0.29, 0.717) is 26.9 Å². The Bertz CT molecular complexity index is 834. The highest BCUT2D eigenvalue weighted by Crippen LogP contribution is 2.23. The van der Waals surface area contributed by atoms with Crippen LogP contribution in [0.3, 0.4) is 0 Å². The van der Waals surface area contributed by atoms with Gasteiger partial charge in [-0.05, 0) is 55.8 Å². The lowest BCUT2D eigenvalue weighted by Gasteiger charge is -2.14. The molecule has 0 fully saturated rings. The molecule has 0 radical (unpaired) electrons. The fraction of sp³-hybridized carbons (Fsp3) is 0.211. The summed E-state index contributed by atoms with van der Waals surface area (Å²) < 4.78 is 5.14. The number of amides is 1. The first-order valence-electron chi connectivity index (χ1n) is 7.81. The van der Waals surface area contributed by atoms with Crippen LogP contribution in [0.5, 0.6) is 0 Å². The van der Waals surface area contributed by atoms with E-state index in [1.807, 2.05) is 0 Å². The molecule has 2 rings (SSSR count).